The van der Waals surface area contributed by atoms with Gasteiger partial charge in [-0.05, 0) is 73.6 Å². The molecule has 5 heteroatoms. The molecule has 0 aromatic heterocycles. The van der Waals surface area contributed by atoms with Crippen LogP contribution in [0.15, 0.2) is 52.4 Å². The first-order chi connectivity index (χ1) is 15.4. The third kappa shape index (κ3) is 7.77. The van der Waals surface area contributed by atoms with E-state index in [2.05, 4.69) is 74.0 Å². The lowest BCUT2D eigenvalue weighted by Crippen LogP contribution is -2.25. The molecule has 1 N–H and O–H groups in total. The Morgan fingerprint density at radius 3 is 2.44 bits per heavy atom. The molecular formula is C27H40N2OS2. The van der Waals surface area contributed by atoms with Crippen molar-refractivity contribution < 1.29 is 4.79 Å². The van der Waals surface area contributed by atoms with E-state index < -0.39 is 0 Å². The van der Waals surface area contributed by atoms with Crippen molar-refractivity contribution in [2.75, 3.05) is 17.6 Å². The van der Waals surface area contributed by atoms with E-state index in [9.17, 15) is 4.79 Å². The van der Waals surface area contributed by atoms with Gasteiger partial charge in [-0.25, -0.2) is 0 Å². The molecule has 1 unspecified atom stereocenters. The van der Waals surface area contributed by atoms with Gasteiger partial charge in [-0.1, -0.05) is 81.1 Å². The monoisotopic (exact) mass is 472 g/mol. The van der Waals surface area contributed by atoms with Crippen molar-refractivity contribution >= 4 is 40.9 Å². The summed E-state index contributed by atoms with van der Waals surface area (Å²) in [4.78, 5) is 13.6. The summed E-state index contributed by atoms with van der Waals surface area (Å²) in [6.07, 6.45) is 13.5. The van der Waals surface area contributed by atoms with Gasteiger partial charge in [0, 0.05) is 24.6 Å². The molecule has 1 aliphatic rings. The van der Waals surface area contributed by atoms with Gasteiger partial charge in [0.05, 0.1) is 5.03 Å². The van der Waals surface area contributed by atoms with Crippen molar-refractivity contribution in [3.63, 3.8) is 0 Å². The van der Waals surface area contributed by atoms with Crippen molar-refractivity contribution in [1.29, 1.82) is 0 Å². The zero-order valence-electron chi connectivity index (χ0n) is 20.6. The van der Waals surface area contributed by atoms with Crippen LogP contribution < -0.4 is 9.62 Å². The molecule has 32 heavy (non-hydrogen) atoms. The fourth-order valence-corrected chi connectivity index (χ4v) is 5.00. The standard InChI is InChI=1S/C27H40N2OS2/c1-7-18-32-27(21(4)20(3)8-2)28-26(30)25(19-22-12-10-9-11-13-22)23-14-16-24(17-15-23)29(5)31-6/h7,14-20,22H,8-13H2,1-6H3,(H,28,30)/b18-7-,25-19+,27-21+. The number of amides is 1. The van der Waals surface area contributed by atoms with E-state index in [1.807, 2.05) is 18.4 Å². The molecule has 1 atom stereocenters. The number of hydrogen-bond acceptors (Lipinski definition) is 4. The Kier molecular flexibility index (Phi) is 11.5. The van der Waals surface area contributed by atoms with E-state index in [-0.39, 0.29) is 5.91 Å². The third-order valence-corrected chi connectivity index (χ3v) is 8.20. The minimum Gasteiger partial charge on any atom is -0.320 e. The normalized spacial score (nSPS) is 17.2. The summed E-state index contributed by atoms with van der Waals surface area (Å²) in [6, 6.07) is 8.37. The van der Waals surface area contributed by atoms with Gasteiger partial charge >= 0.3 is 0 Å². The number of benzene rings is 1. The number of rotatable bonds is 10. The average molecular weight is 473 g/mol. The van der Waals surface area contributed by atoms with Crippen LogP contribution in [0.1, 0.15) is 71.8 Å². The summed E-state index contributed by atoms with van der Waals surface area (Å²) in [5, 5.41) is 6.27. The number of hydrogen-bond donors (Lipinski definition) is 1. The average Bonchev–Trinajstić information content (AvgIpc) is 2.84. The predicted molar refractivity (Wildman–Crippen MR) is 146 cm³/mol. The fourth-order valence-electron chi connectivity index (χ4n) is 3.85. The van der Waals surface area contributed by atoms with Gasteiger partial charge in [0.1, 0.15) is 0 Å². The number of thioether (sulfide) groups is 1. The molecule has 0 spiro atoms. The summed E-state index contributed by atoms with van der Waals surface area (Å²) in [5.74, 6) is 0.899. The molecule has 1 aromatic rings. The van der Waals surface area contributed by atoms with Crippen LogP contribution in [0.2, 0.25) is 0 Å². The van der Waals surface area contributed by atoms with Gasteiger partial charge in [-0.2, -0.15) is 0 Å². The molecule has 1 aliphatic carbocycles. The maximum atomic E-state index is 13.6. The highest BCUT2D eigenvalue weighted by Crippen LogP contribution is 2.31. The zero-order chi connectivity index (χ0) is 23.5. The Morgan fingerprint density at radius 1 is 1.22 bits per heavy atom. The molecule has 0 saturated heterocycles. The lowest BCUT2D eigenvalue weighted by atomic mass is 9.86. The molecule has 1 amide bonds. The lowest BCUT2D eigenvalue weighted by molar-refractivity contribution is -0.114. The van der Waals surface area contributed by atoms with Crippen molar-refractivity contribution in [2.45, 2.75) is 66.2 Å². The number of nitrogens with zero attached hydrogens (tertiary/aromatic N) is 1. The van der Waals surface area contributed by atoms with Crippen molar-refractivity contribution in [3.05, 3.63) is 58.0 Å². The molecule has 0 heterocycles. The Labute approximate surface area is 204 Å². The molecule has 0 aliphatic heterocycles. The number of anilines is 1. The minimum absolute atomic E-state index is 0.00352. The largest absolute Gasteiger partial charge is 0.320 e. The summed E-state index contributed by atoms with van der Waals surface area (Å²) >= 11 is 3.28. The van der Waals surface area contributed by atoms with Crippen LogP contribution in [0.5, 0.6) is 0 Å². The van der Waals surface area contributed by atoms with Gasteiger partial charge in [0.25, 0.3) is 5.91 Å². The van der Waals surface area contributed by atoms with Crippen LogP contribution in [-0.4, -0.2) is 19.2 Å². The Bertz CT molecular complexity index is 821. The SMILES string of the molecule is C/C=C\S/C(NC(=O)/C(=C/C1CCCCC1)c1ccc(N(C)SC)cc1)=C(\C)C(C)CC. The first-order valence-electron chi connectivity index (χ1n) is 11.8. The first kappa shape index (κ1) is 26.7. The Morgan fingerprint density at radius 2 is 1.88 bits per heavy atom. The van der Waals surface area contributed by atoms with E-state index in [0.29, 0.717) is 11.8 Å². The maximum absolute atomic E-state index is 13.6. The highest BCUT2D eigenvalue weighted by molar-refractivity contribution is 8.05. The second-order valence-corrected chi connectivity index (χ2v) is 10.4. The van der Waals surface area contributed by atoms with Crippen LogP contribution >= 0.6 is 23.7 Å². The van der Waals surface area contributed by atoms with Crippen LogP contribution in [0, 0.1) is 11.8 Å². The lowest BCUT2D eigenvalue weighted by Gasteiger charge is -2.21. The molecule has 1 aromatic carbocycles. The van der Waals surface area contributed by atoms with Gasteiger partial charge in [0.15, 0.2) is 0 Å². The summed E-state index contributed by atoms with van der Waals surface area (Å²) in [5.41, 5.74) is 4.15. The van der Waals surface area contributed by atoms with Crippen LogP contribution in [0.3, 0.4) is 0 Å². The smallest absolute Gasteiger partial charge is 0.256 e. The minimum atomic E-state index is -0.00352. The van der Waals surface area contributed by atoms with E-state index in [1.54, 1.807) is 23.7 Å². The fraction of sp³-hybridized carbons (Fsp3) is 0.519. The second kappa shape index (κ2) is 13.8. The van der Waals surface area contributed by atoms with Crippen LogP contribution in [0.25, 0.3) is 5.57 Å². The summed E-state index contributed by atoms with van der Waals surface area (Å²) in [6.45, 7) is 8.55. The van der Waals surface area contributed by atoms with E-state index in [4.69, 9.17) is 0 Å². The van der Waals surface area contributed by atoms with Crippen molar-refractivity contribution in [2.24, 2.45) is 11.8 Å². The van der Waals surface area contributed by atoms with Gasteiger partial charge in [-0.3, -0.25) is 4.79 Å². The highest BCUT2D eigenvalue weighted by Gasteiger charge is 2.20. The Balaban J connectivity index is 2.39. The third-order valence-electron chi connectivity index (χ3n) is 6.37. The molecule has 0 radical (unpaired) electrons. The molecule has 176 valence electrons. The topological polar surface area (TPSA) is 32.3 Å². The quantitative estimate of drug-likeness (QED) is 0.276. The molecule has 2 rings (SSSR count). The summed E-state index contributed by atoms with van der Waals surface area (Å²) in [7, 11) is 2.05. The molecule has 3 nitrogen and oxygen atoms in total. The summed E-state index contributed by atoms with van der Waals surface area (Å²) < 4.78 is 2.12. The van der Waals surface area contributed by atoms with Gasteiger partial charge in [-0.15, -0.1) is 0 Å². The van der Waals surface area contributed by atoms with Gasteiger partial charge < -0.3 is 9.62 Å². The number of nitrogens with one attached hydrogen (secondary N) is 1. The predicted octanol–water partition coefficient (Wildman–Crippen LogP) is 8.03. The number of carbonyl (C=O) groups excluding carboxylic acids is 1. The highest BCUT2D eigenvalue weighted by atomic mass is 32.2. The first-order valence-corrected chi connectivity index (χ1v) is 13.9. The Hall–Kier alpha value is -1.59. The van der Waals surface area contributed by atoms with Crippen LogP contribution in [-0.2, 0) is 4.79 Å². The van der Waals surface area contributed by atoms with E-state index >= 15 is 0 Å². The van der Waals surface area contributed by atoms with Crippen LogP contribution in [0.4, 0.5) is 5.69 Å². The number of carbonyl (C=O) groups is 1. The van der Waals surface area contributed by atoms with E-state index in [0.717, 1.165) is 28.3 Å². The van der Waals surface area contributed by atoms with Crippen molar-refractivity contribution in [1.82, 2.24) is 5.32 Å². The maximum Gasteiger partial charge on any atom is 0.256 e. The van der Waals surface area contributed by atoms with Crippen molar-refractivity contribution in [3.8, 4) is 0 Å². The molecular weight excluding hydrogens is 432 g/mol. The number of allylic oxidation sites excluding steroid dienone is 3. The second-order valence-electron chi connectivity index (χ2n) is 8.57. The molecule has 0 bridgehead atoms. The zero-order valence-corrected chi connectivity index (χ0v) is 22.2. The van der Waals surface area contributed by atoms with Gasteiger partial charge in [0.2, 0.25) is 0 Å². The van der Waals surface area contributed by atoms with E-state index in [1.165, 1.54) is 37.7 Å². The molecule has 1 fully saturated rings. The molecule has 1 saturated carbocycles.